The summed E-state index contributed by atoms with van der Waals surface area (Å²) in [6.07, 6.45) is 1.03. The summed E-state index contributed by atoms with van der Waals surface area (Å²) >= 11 is 0. The van der Waals surface area contributed by atoms with Gasteiger partial charge < -0.3 is 15.8 Å². The number of nitrogens with two attached hydrogens (primary N) is 1. The Morgan fingerprint density at radius 2 is 2.19 bits per heavy atom. The minimum atomic E-state index is 0.218. The highest BCUT2D eigenvalue weighted by atomic mass is 16.5. The van der Waals surface area contributed by atoms with Gasteiger partial charge in [-0.25, -0.2) is 0 Å². The van der Waals surface area contributed by atoms with Crippen molar-refractivity contribution < 1.29 is 4.74 Å². The van der Waals surface area contributed by atoms with Crippen molar-refractivity contribution in [2.75, 3.05) is 19.7 Å². The average molecular weight is 222 g/mol. The van der Waals surface area contributed by atoms with E-state index in [9.17, 15) is 0 Å². The van der Waals surface area contributed by atoms with Gasteiger partial charge in [0.2, 0.25) is 0 Å². The third-order valence-electron chi connectivity index (χ3n) is 2.42. The molecule has 0 bridgehead atoms. The van der Waals surface area contributed by atoms with E-state index in [0.717, 1.165) is 25.3 Å². The van der Waals surface area contributed by atoms with Crippen molar-refractivity contribution in [1.29, 1.82) is 0 Å². The molecule has 1 aromatic rings. The van der Waals surface area contributed by atoms with E-state index in [2.05, 4.69) is 31.3 Å². The molecule has 0 heterocycles. The largest absolute Gasteiger partial charge is 0.494 e. The van der Waals surface area contributed by atoms with Gasteiger partial charge in [-0.2, -0.15) is 0 Å². The molecule has 0 aromatic heterocycles. The van der Waals surface area contributed by atoms with Gasteiger partial charge >= 0.3 is 0 Å². The summed E-state index contributed by atoms with van der Waals surface area (Å²) in [4.78, 5) is 0. The Morgan fingerprint density at radius 3 is 2.81 bits per heavy atom. The summed E-state index contributed by atoms with van der Waals surface area (Å²) in [7, 11) is 0. The fourth-order valence-corrected chi connectivity index (χ4v) is 1.62. The minimum absolute atomic E-state index is 0.218. The van der Waals surface area contributed by atoms with Crippen LogP contribution in [0.25, 0.3) is 0 Å². The first-order valence-corrected chi connectivity index (χ1v) is 5.98. The van der Waals surface area contributed by atoms with E-state index in [1.165, 1.54) is 5.56 Å². The van der Waals surface area contributed by atoms with Gasteiger partial charge in [-0.3, -0.25) is 0 Å². The molecule has 0 radical (unpaired) electrons. The summed E-state index contributed by atoms with van der Waals surface area (Å²) in [5.74, 6) is 0.927. The van der Waals surface area contributed by atoms with Gasteiger partial charge in [0.15, 0.2) is 0 Å². The molecular weight excluding hydrogens is 200 g/mol. The van der Waals surface area contributed by atoms with Crippen LogP contribution in [0.3, 0.4) is 0 Å². The van der Waals surface area contributed by atoms with E-state index < -0.39 is 0 Å². The average Bonchev–Trinajstić information content (AvgIpc) is 2.33. The SMILES string of the molecule is CCCOc1cccc(C(CN)NCC)c1. The summed E-state index contributed by atoms with van der Waals surface area (Å²) in [5.41, 5.74) is 6.93. The third-order valence-corrected chi connectivity index (χ3v) is 2.42. The molecule has 1 atom stereocenters. The number of ether oxygens (including phenoxy) is 1. The Balaban J connectivity index is 2.71. The number of likely N-dealkylation sites (N-methyl/N-ethyl adjacent to an activating group) is 1. The third kappa shape index (κ3) is 3.83. The molecule has 0 fully saturated rings. The molecule has 1 rings (SSSR count). The van der Waals surface area contributed by atoms with E-state index in [0.29, 0.717) is 6.54 Å². The lowest BCUT2D eigenvalue weighted by Gasteiger charge is -2.17. The predicted molar refractivity (Wildman–Crippen MR) is 67.7 cm³/mol. The maximum Gasteiger partial charge on any atom is 0.119 e. The van der Waals surface area contributed by atoms with E-state index in [1.54, 1.807) is 0 Å². The van der Waals surface area contributed by atoms with Gasteiger partial charge in [-0.15, -0.1) is 0 Å². The first-order chi connectivity index (χ1) is 7.81. The van der Waals surface area contributed by atoms with Crippen LogP contribution in [0.15, 0.2) is 24.3 Å². The second-order valence-electron chi connectivity index (χ2n) is 3.77. The summed E-state index contributed by atoms with van der Waals surface area (Å²) < 4.78 is 5.60. The van der Waals surface area contributed by atoms with Crippen molar-refractivity contribution in [2.45, 2.75) is 26.3 Å². The molecule has 3 heteroatoms. The van der Waals surface area contributed by atoms with Gasteiger partial charge in [0.25, 0.3) is 0 Å². The smallest absolute Gasteiger partial charge is 0.119 e. The maximum atomic E-state index is 5.74. The van der Waals surface area contributed by atoms with Crippen LogP contribution in [0.4, 0.5) is 0 Å². The van der Waals surface area contributed by atoms with Crippen molar-refractivity contribution in [1.82, 2.24) is 5.32 Å². The first-order valence-electron chi connectivity index (χ1n) is 5.98. The van der Waals surface area contributed by atoms with Crippen LogP contribution in [0.2, 0.25) is 0 Å². The fraction of sp³-hybridized carbons (Fsp3) is 0.538. The van der Waals surface area contributed by atoms with Crippen LogP contribution in [0, 0.1) is 0 Å². The zero-order valence-corrected chi connectivity index (χ0v) is 10.2. The normalized spacial score (nSPS) is 12.4. The molecule has 0 amide bonds. The number of hydrogen-bond donors (Lipinski definition) is 2. The molecule has 0 saturated carbocycles. The lowest BCUT2D eigenvalue weighted by atomic mass is 10.1. The van der Waals surface area contributed by atoms with Gasteiger partial charge in [-0.05, 0) is 30.7 Å². The van der Waals surface area contributed by atoms with Crippen LogP contribution >= 0.6 is 0 Å². The van der Waals surface area contributed by atoms with Crippen molar-refractivity contribution in [3.63, 3.8) is 0 Å². The van der Waals surface area contributed by atoms with Crippen molar-refractivity contribution in [2.24, 2.45) is 5.73 Å². The Bertz CT molecular complexity index is 302. The minimum Gasteiger partial charge on any atom is -0.494 e. The molecule has 0 saturated heterocycles. The molecule has 1 aromatic carbocycles. The zero-order chi connectivity index (χ0) is 11.8. The molecule has 3 N–H and O–H groups in total. The lowest BCUT2D eigenvalue weighted by molar-refractivity contribution is 0.316. The Labute approximate surface area is 98.0 Å². The highest BCUT2D eigenvalue weighted by Gasteiger charge is 2.08. The summed E-state index contributed by atoms with van der Waals surface area (Å²) in [6.45, 7) is 6.47. The van der Waals surface area contributed by atoms with E-state index in [1.807, 2.05) is 12.1 Å². The second kappa shape index (κ2) is 7.25. The standard InChI is InChI=1S/C13H22N2O/c1-3-8-16-12-7-5-6-11(9-12)13(10-14)15-4-2/h5-7,9,13,15H,3-4,8,10,14H2,1-2H3. The molecule has 16 heavy (non-hydrogen) atoms. The quantitative estimate of drug-likeness (QED) is 0.742. The van der Waals surface area contributed by atoms with Gasteiger partial charge in [0, 0.05) is 12.6 Å². The van der Waals surface area contributed by atoms with Gasteiger partial charge in [0.05, 0.1) is 6.61 Å². The van der Waals surface area contributed by atoms with E-state index in [4.69, 9.17) is 10.5 Å². The highest BCUT2D eigenvalue weighted by Crippen LogP contribution is 2.18. The van der Waals surface area contributed by atoms with Crippen molar-refractivity contribution in [3.05, 3.63) is 29.8 Å². The highest BCUT2D eigenvalue weighted by molar-refractivity contribution is 5.30. The summed E-state index contributed by atoms with van der Waals surface area (Å²) in [5, 5.41) is 3.35. The van der Waals surface area contributed by atoms with E-state index in [-0.39, 0.29) is 6.04 Å². The molecule has 0 aliphatic carbocycles. The van der Waals surface area contributed by atoms with Crippen molar-refractivity contribution in [3.8, 4) is 5.75 Å². The Morgan fingerprint density at radius 1 is 1.38 bits per heavy atom. The number of rotatable bonds is 7. The molecule has 0 aliphatic rings. The number of nitrogens with one attached hydrogen (secondary N) is 1. The second-order valence-corrected chi connectivity index (χ2v) is 3.77. The van der Waals surface area contributed by atoms with Crippen LogP contribution in [0.5, 0.6) is 5.75 Å². The molecular formula is C13H22N2O. The summed E-state index contributed by atoms with van der Waals surface area (Å²) in [6, 6.07) is 8.36. The molecule has 0 spiro atoms. The molecule has 0 aliphatic heterocycles. The maximum absolute atomic E-state index is 5.74. The van der Waals surface area contributed by atoms with Gasteiger partial charge in [-0.1, -0.05) is 26.0 Å². The van der Waals surface area contributed by atoms with E-state index >= 15 is 0 Å². The molecule has 1 unspecified atom stereocenters. The zero-order valence-electron chi connectivity index (χ0n) is 10.2. The predicted octanol–water partition coefficient (Wildman–Crippen LogP) is 2.08. The molecule has 3 nitrogen and oxygen atoms in total. The van der Waals surface area contributed by atoms with Gasteiger partial charge in [0.1, 0.15) is 5.75 Å². The Kier molecular flexibility index (Phi) is 5.90. The van der Waals surface area contributed by atoms with Crippen LogP contribution < -0.4 is 15.8 Å². The number of hydrogen-bond acceptors (Lipinski definition) is 3. The Hall–Kier alpha value is -1.06. The van der Waals surface area contributed by atoms with Crippen molar-refractivity contribution >= 4 is 0 Å². The van der Waals surface area contributed by atoms with Crippen LogP contribution in [0.1, 0.15) is 31.9 Å². The fourth-order valence-electron chi connectivity index (χ4n) is 1.62. The van der Waals surface area contributed by atoms with Crippen LogP contribution in [-0.4, -0.2) is 19.7 Å². The number of benzene rings is 1. The van der Waals surface area contributed by atoms with Crippen LogP contribution in [-0.2, 0) is 0 Å². The monoisotopic (exact) mass is 222 g/mol. The lowest BCUT2D eigenvalue weighted by Crippen LogP contribution is -2.27. The first kappa shape index (κ1) is 13.0. The topological polar surface area (TPSA) is 47.3 Å². The molecule has 90 valence electrons.